The van der Waals surface area contributed by atoms with E-state index < -0.39 is 5.57 Å². The second-order valence-electron chi connectivity index (χ2n) is 6.63. The minimum absolute atomic E-state index is 0.0232. The molecule has 2 aromatic carbocycles. The van der Waals surface area contributed by atoms with E-state index in [1.54, 1.807) is 12.1 Å². The van der Waals surface area contributed by atoms with Gasteiger partial charge in [-0.2, -0.15) is 0 Å². The van der Waals surface area contributed by atoms with E-state index in [4.69, 9.17) is 11.6 Å². The van der Waals surface area contributed by atoms with Crippen LogP contribution in [0.1, 0.15) is 19.4 Å². The topological polar surface area (TPSA) is 41.6 Å². The summed E-state index contributed by atoms with van der Waals surface area (Å²) >= 11 is 8.38. The lowest BCUT2D eigenvalue weighted by Crippen LogP contribution is -2.25. The third kappa shape index (κ3) is 3.78. The fourth-order valence-corrected chi connectivity index (χ4v) is 4.32. The van der Waals surface area contributed by atoms with E-state index in [9.17, 15) is 13.6 Å². The van der Waals surface area contributed by atoms with Crippen LogP contribution in [0.3, 0.4) is 0 Å². The molecule has 0 spiro atoms. The highest BCUT2D eigenvalue weighted by molar-refractivity contribution is 9.10. The van der Waals surface area contributed by atoms with E-state index in [-0.39, 0.29) is 11.2 Å². The Labute approximate surface area is 163 Å². The first-order valence-corrected chi connectivity index (χ1v) is 8.95. The van der Waals surface area contributed by atoms with Gasteiger partial charge in [-0.05, 0) is 42.0 Å². The monoisotopic (exact) mass is 444 g/mol. The van der Waals surface area contributed by atoms with E-state index in [0.717, 1.165) is 21.4 Å². The predicted molar refractivity (Wildman–Crippen MR) is 102 cm³/mol. The van der Waals surface area contributed by atoms with Crippen LogP contribution in [0.5, 0.6) is 5.75 Å². The molecule has 1 heterocycles. The van der Waals surface area contributed by atoms with Crippen LogP contribution < -0.4 is 15.0 Å². The third-order valence-corrected chi connectivity index (χ3v) is 4.90. The van der Waals surface area contributed by atoms with Crippen molar-refractivity contribution in [1.29, 1.82) is 0 Å². The maximum Gasteiger partial charge on any atom is 0.487 e. The molecule has 1 N–H and O–H groups in total. The fraction of sp³-hybridized carbons (Fsp3) is 0.278. The van der Waals surface area contributed by atoms with Gasteiger partial charge in [-0.3, -0.25) is 4.79 Å². The lowest BCUT2D eigenvalue weighted by molar-refractivity contribution is -0.105. The zero-order valence-electron chi connectivity index (χ0n) is 14.0. The second kappa shape index (κ2) is 6.70. The van der Waals surface area contributed by atoms with Gasteiger partial charge in [-0.25, -0.2) is 0 Å². The summed E-state index contributed by atoms with van der Waals surface area (Å²) < 4.78 is 30.8. The highest BCUT2D eigenvalue weighted by Crippen LogP contribution is 2.49. The maximum atomic E-state index is 12.8. The Kier molecular flexibility index (Phi) is 4.88. The first kappa shape index (κ1) is 18.9. The molecule has 4 nitrogen and oxygen atoms in total. The normalized spacial score (nSPS) is 15.5. The molecule has 0 bridgehead atoms. The van der Waals surface area contributed by atoms with Crippen molar-refractivity contribution in [3.63, 3.8) is 0 Å². The van der Waals surface area contributed by atoms with Gasteiger partial charge in [0.25, 0.3) is 0 Å². The number of hydrogen-bond acceptors (Lipinski definition) is 3. The van der Waals surface area contributed by atoms with Crippen molar-refractivity contribution in [2.24, 2.45) is 0 Å². The molecule has 0 saturated carbocycles. The Balaban J connectivity index is 1.99. The molecular weight excluding hydrogens is 430 g/mol. The van der Waals surface area contributed by atoms with Crippen LogP contribution in [0, 0.1) is 0 Å². The molecule has 0 aliphatic carbocycles. The number of amides is 1. The van der Waals surface area contributed by atoms with Crippen LogP contribution in [0.25, 0.3) is 0 Å². The Morgan fingerprint density at radius 3 is 2.54 bits per heavy atom. The molecule has 26 heavy (non-hydrogen) atoms. The van der Waals surface area contributed by atoms with Crippen molar-refractivity contribution in [3.8, 4) is 5.75 Å². The Morgan fingerprint density at radius 1 is 1.31 bits per heavy atom. The molecule has 1 aliphatic rings. The van der Waals surface area contributed by atoms with Crippen LogP contribution in [-0.4, -0.2) is 18.5 Å². The van der Waals surface area contributed by atoms with Crippen molar-refractivity contribution < 1.29 is 18.3 Å². The summed E-state index contributed by atoms with van der Waals surface area (Å²) in [6.07, 6.45) is 0.622. The van der Waals surface area contributed by atoms with E-state index in [0.29, 0.717) is 18.6 Å². The van der Waals surface area contributed by atoms with Gasteiger partial charge in [0.15, 0.2) is 0 Å². The molecule has 2 aromatic rings. The van der Waals surface area contributed by atoms with Crippen molar-refractivity contribution in [1.82, 2.24) is 0 Å². The van der Waals surface area contributed by atoms with Crippen LogP contribution >= 0.6 is 27.5 Å². The zero-order valence-corrected chi connectivity index (χ0v) is 16.4. The minimum atomic E-state index is -3.75. The Morgan fingerprint density at radius 2 is 1.96 bits per heavy atom. The van der Waals surface area contributed by atoms with Gasteiger partial charge in [0, 0.05) is 45.1 Å². The SMILES string of the molecule is CC1(C)CN(c2ccc(OC(F)(F)Cl)cc2)c2cc(NC=O)cc(Br)c21. The van der Waals surface area contributed by atoms with Crippen LogP contribution in [-0.2, 0) is 10.2 Å². The van der Waals surface area contributed by atoms with Gasteiger partial charge in [-0.15, -0.1) is 8.78 Å². The number of fused-ring (bicyclic) bond motifs is 1. The summed E-state index contributed by atoms with van der Waals surface area (Å²) in [7, 11) is 0. The number of rotatable bonds is 5. The van der Waals surface area contributed by atoms with Crippen molar-refractivity contribution >= 4 is 51.0 Å². The molecule has 0 radical (unpaired) electrons. The molecule has 1 amide bonds. The average molecular weight is 446 g/mol. The van der Waals surface area contributed by atoms with Gasteiger partial charge in [0.2, 0.25) is 6.41 Å². The van der Waals surface area contributed by atoms with Gasteiger partial charge in [0.1, 0.15) is 5.75 Å². The van der Waals surface area contributed by atoms with Crippen molar-refractivity contribution in [2.75, 3.05) is 16.8 Å². The number of hydrogen-bond donors (Lipinski definition) is 1. The quantitative estimate of drug-likeness (QED) is 0.480. The van der Waals surface area contributed by atoms with E-state index in [1.807, 2.05) is 12.1 Å². The maximum absolute atomic E-state index is 12.8. The molecule has 0 aromatic heterocycles. The Bertz CT molecular complexity index is 838. The van der Waals surface area contributed by atoms with Crippen LogP contribution in [0.4, 0.5) is 25.8 Å². The lowest BCUT2D eigenvalue weighted by Gasteiger charge is -2.23. The van der Waals surface area contributed by atoms with Crippen molar-refractivity contribution in [3.05, 3.63) is 46.4 Å². The molecule has 0 atom stereocenters. The number of ether oxygens (including phenoxy) is 1. The molecule has 0 saturated heterocycles. The van der Waals surface area contributed by atoms with E-state index in [2.05, 4.69) is 44.7 Å². The number of nitrogens with one attached hydrogen (secondary N) is 1. The number of carbonyl (C=O) groups is 1. The Hall–Kier alpha value is -1.86. The van der Waals surface area contributed by atoms with Gasteiger partial charge in [0.05, 0.1) is 0 Å². The smallest absolute Gasteiger partial charge is 0.420 e. The average Bonchev–Trinajstić information content (AvgIpc) is 2.78. The number of anilines is 3. The number of halogens is 4. The summed E-state index contributed by atoms with van der Waals surface area (Å²) in [5.41, 5.74) is -0.366. The first-order valence-electron chi connectivity index (χ1n) is 7.78. The molecule has 0 fully saturated rings. The molecule has 8 heteroatoms. The van der Waals surface area contributed by atoms with Crippen LogP contribution in [0.2, 0.25) is 0 Å². The summed E-state index contributed by atoms with van der Waals surface area (Å²) in [6, 6.07) is 10.0. The summed E-state index contributed by atoms with van der Waals surface area (Å²) in [5.74, 6) is -0.0232. The molecule has 3 rings (SSSR count). The van der Waals surface area contributed by atoms with Gasteiger partial charge in [-0.1, -0.05) is 29.8 Å². The first-order chi connectivity index (χ1) is 12.1. The molecule has 0 unspecified atom stereocenters. The second-order valence-corrected chi connectivity index (χ2v) is 7.92. The van der Waals surface area contributed by atoms with Crippen molar-refractivity contribution in [2.45, 2.75) is 24.8 Å². The molecular formula is C18H16BrClF2N2O2. The fourth-order valence-electron chi connectivity index (χ4n) is 3.24. The lowest BCUT2D eigenvalue weighted by atomic mass is 9.87. The molecule has 1 aliphatic heterocycles. The molecule has 138 valence electrons. The van der Waals surface area contributed by atoms with Gasteiger partial charge < -0.3 is 15.0 Å². The number of nitrogens with zero attached hydrogens (tertiary/aromatic N) is 1. The number of carbonyl (C=O) groups excluding carboxylic acids is 1. The number of benzene rings is 2. The predicted octanol–water partition coefficient (Wildman–Crippen LogP) is 5.61. The largest absolute Gasteiger partial charge is 0.487 e. The summed E-state index contributed by atoms with van der Waals surface area (Å²) in [6.45, 7) is 4.93. The van der Waals surface area contributed by atoms with E-state index >= 15 is 0 Å². The van der Waals surface area contributed by atoms with Crippen LogP contribution in [0.15, 0.2) is 40.9 Å². The third-order valence-electron chi connectivity index (χ3n) is 4.20. The summed E-state index contributed by atoms with van der Waals surface area (Å²) in [5, 5.41) is 2.66. The number of alkyl halides is 3. The minimum Gasteiger partial charge on any atom is -0.420 e. The summed E-state index contributed by atoms with van der Waals surface area (Å²) in [4.78, 5) is 12.9. The standard InChI is InChI=1S/C18H16BrClF2N2O2/c1-17(2)9-24(12-3-5-13(6-4-12)26-18(20,21)22)15-8-11(23-10-25)7-14(19)16(15)17/h3-8,10H,9H2,1-2H3,(H,23,25). The van der Waals surface area contributed by atoms with Gasteiger partial charge >= 0.3 is 5.57 Å². The zero-order chi connectivity index (χ0) is 19.1. The van der Waals surface area contributed by atoms with E-state index in [1.165, 1.54) is 12.1 Å². The highest BCUT2D eigenvalue weighted by atomic mass is 79.9. The highest BCUT2D eigenvalue weighted by Gasteiger charge is 2.38.